The molecule has 8 heteroatoms. The molecule has 0 aliphatic rings. The van der Waals surface area contributed by atoms with Crippen LogP contribution in [-0.2, 0) is 0 Å². The van der Waals surface area contributed by atoms with Crippen molar-refractivity contribution in [3.8, 4) is 68.2 Å². The highest BCUT2D eigenvalue weighted by atomic mass is 16.4. The molecule has 0 radical (unpaired) electrons. The minimum atomic E-state index is -1.01. The van der Waals surface area contributed by atoms with Crippen LogP contribution in [0.5, 0.6) is 46.0 Å². The maximum atomic E-state index is 11.7. The molecule has 242 valence electrons. The second kappa shape index (κ2) is 10.2. The van der Waals surface area contributed by atoms with Gasteiger partial charge in [0.15, 0.2) is 23.0 Å². The van der Waals surface area contributed by atoms with E-state index < -0.39 is 46.0 Å². The van der Waals surface area contributed by atoms with Gasteiger partial charge in [-0.25, -0.2) is 0 Å². The van der Waals surface area contributed by atoms with Crippen LogP contribution in [0.3, 0.4) is 0 Å². The molecule has 0 fully saturated rings. The SMILES string of the molecule is Oc1c(O)c(O)c2c(-c3cc4ccc5ccccc5c4c4ccccc34)c3c(O)c(O)c(O)c(O)c3c(-c3ccc4ccccc4c3)c2c1O. The van der Waals surface area contributed by atoms with Crippen molar-refractivity contribution in [3.63, 3.8) is 0 Å². The first-order valence-electron chi connectivity index (χ1n) is 15.7. The average Bonchev–Trinajstić information content (AvgIpc) is 3.15. The molecule has 8 N–H and O–H groups in total. The molecule has 50 heavy (non-hydrogen) atoms. The van der Waals surface area contributed by atoms with Crippen molar-refractivity contribution in [2.45, 2.75) is 0 Å². The van der Waals surface area contributed by atoms with E-state index >= 15 is 0 Å². The fourth-order valence-electron chi connectivity index (χ4n) is 7.61. The molecule has 0 aliphatic heterocycles. The maximum absolute atomic E-state index is 11.7. The van der Waals surface area contributed by atoms with Crippen molar-refractivity contribution in [2.24, 2.45) is 0 Å². The van der Waals surface area contributed by atoms with Crippen molar-refractivity contribution in [1.29, 1.82) is 0 Å². The lowest BCUT2D eigenvalue weighted by Crippen LogP contribution is -1.95. The average molecular weight is 659 g/mol. The molecule has 9 aromatic carbocycles. The highest BCUT2D eigenvalue weighted by Gasteiger charge is 2.33. The normalized spacial score (nSPS) is 11.8. The minimum Gasteiger partial charge on any atom is -0.504 e. The maximum Gasteiger partial charge on any atom is 0.204 e. The Morgan fingerprint density at radius 3 is 1.32 bits per heavy atom. The van der Waals surface area contributed by atoms with Gasteiger partial charge >= 0.3 is 0 Å². The van der Waals surface area contributed by atoms with Crippen LogP contribution in [0.25, 0.3) is 86.9 Å². The summed E-state index contributed by atoms with van der Waals surface area (Å²) in [6.07, 6.45) is 0. The first kappa shape index (κ1) is 29.1. The second-order valence-corrected chi connectivity index (χ2v) is 12.5. The zero-order chi connectivity index (χ0) is 34.6. The van der Waals surface area contributed by atoms with Gasteiger partial charge in [-0.2, -0.15) is 0 Å². The van der Waals surface area contributed by atoms with E-state index in [4.69, 9.17) is 0 Å². The Kier molecular flexibility index (Phi) is 5.95. The fourth-order valence-corrected chi connectivity index (χ4v) is 7.61. The van der Waals surface area contributed by atoms with Gasteiger partial charge in [0.2, 0.25) is 23.0 Å². The summed E-state index contributed by atoms with van der Waals surface area (Å²) in [5.41, 5.74) is 0.770. The number of aromatic hydroxyl groups is 8. The van der Waals surface area contributed by atoms with E-state index in [-0.39, 0.29) is 32.7 Å². The van der Waals surface area contributed by atoms with Crippen molar-refractivity contribution in [1.82, 2.24) is 0 Å². The summed E-state index contributed by atoms with van der Waals surface area (Å²) < 4.78 is 0. The van der Waals surface area contributed by atoms with Crippen LogP contribution in [0.1, 0.15) is 0 Å². The lowest BCUT2D eigenvalue weighted by atomic mass is 9.81. The summed E-state index contributed by atoms with van der Waals surface area (Å²) in [6, 6.07) is 33.8. The third kappa shape index (κ3) is 3.75. The number of phenols is 8. The van der Waals surface area contributed by atoms with Crippen LogP contribution in [0.2, 0.25) is 0 Å². The third-order valence-electron chi connectivity index (χ3n) is 9.85. The molecule has 0 atom stereocenters. The summed E-state index contributed by atoms with van der Waals surface area (Å²) >= 11 is 0. The zero-order valence-electron chi connectivity index (χ0n) is 26.0. The van der Waals surface area contributed by atoms with Crippen molar-refractivity contribution in [2.75, 3.05) is 0 Å². The predicted octanol–water partition coefficient (Wildman–Crippen LogP) is 9.58. The highest BCUT2D eigenvalue weighted by Crippen LogP contribution is 2.62. The van der Waals surface area contributed by atoms with E-state index in [1.165, 1.54) is 0 Å². The van der Waals surface area contributed by atoms with E-state index in [1.807, 2.05) is 91.0 Å². The lowest BCUT2D eigenvalue weighted by Gasteiger charge is -2.23. The van der Waals surface area contributed by atoms with Gasteiger partial charge in [-0.15, -0.1) is 0 Å². The molecule has 0 aromatic heterocycles. The van der Waals surface area contributed by atoms with E-state index in [0.29, 0.717) is 16.5 Å². The Balaban J connectivity index is 1.59. The lowest BCUT2D eigenvalue weighted by molar-refractivity contribution is 0.350. The van der Waals surface area contributed by atoms with Crippen LogP contribution in [0, 0.1) is 0 Å². The smallest absolute Gasteiger partial charge is 0.204 e. The number of benzene rings is 9. The summed E-state index contributed by atoms with van der Waals surface area (Å²) in [5, 5.41) is 96.7. The molecule has 9 rings (SSSR count). The van der Waals surface area contributed by atoms with Gasteiger partial charge < -0.3 is 40.9 Å². The molecule has 0 aliphatic carbocycles. The highest BCUT2D eigenvalue weighted by molar-refractivity contribution is 6.32. The van der Waals surface area contributed by atoms with E-state index in [1.54, 1.807) is 18.2 Å². The monoisotopic (exact) mass is 658 g/mol. The molecule has 0 amide bonds. The molecule has 0 unspecified atom stereocenters. The van der Waals surface area contributed by atoms with Gasteiger partial charge in [0.1, 0.15) is 0 Å². The van der Waals surface area contributed by atoms with Gasteiger partial charge in [-0.05, 0) is 66.3 Å². The molecule has 0 spiro atoms. The molecular formula is C42H26O8. The third-order valence-corrected chi connectivity index (χ3v) is 9.85. The van der Waals surface area contributed by atoms with Crippen LogP contribution in [0.4, 0.5) is 0 Å². The second-order valence-electron chi connectivity index (χ2n) is 12.5. The molecule has 0 saturated heterocycles. The van der Waals surface area contributed by atoms with Gasteiger partial charge in [-0.3, -0.25) is 0 Å². The summed E-state index contributed by atoms with van der Waals surface area (Å²) in [6.45, 7) is 0. The minimum absolute atomic E-state index is 0.00629. The molecule has 9 aromatic rings. The van der Waals surface area contributed by atoms with Crippen LogP contribution >= 0.6 is 0 Å². The number of rotatable bonds is 2. The van der Waals surface area contributed by atoms with Gasteiger partial charge in [0, 0.05) is 32.7 Å². The largest absolute Gasteiger partial charge is 0.504 e. The Labute approximate surface area is 282 Å². The number of hydrogen-bond donors (Lipinski definition) is 8. The first-order valence-corrected chi connectivity index (χ1v) is 15.7. The van der Waals surface area contributed by atoms with Gasteiger partial charge in [-0.1, -0.05) is 97.1 Å². The first-order chi connectivity index (χ1) is 24.2. The van der Waals surface area contributed by atoms with Crippen LogP contribution in [0.15, 0.2) is 109 Å². The zero-order valence-corrected chi connectivity index (χ0v) is 26.0. The van der Waals surface area contributed by atoms with E-state index in [0.717, 1.165) is 37.7 Å². The Morgan fingerprint density at radius 2 is 0.720 bits per heavy atom. The number of fused-ring (bicyclic) bond motifs is 8. The topological polar surface area (TPSA) is 162 Å². The van der Waals surface area contributed by atoms with E-state index in [2.05, 4.69) is 0 Å². The Morgan fingerprint density at radius 1 is 0.280 bits per heavy atom. The Bertz CT molecular complexity index is 2880. The molecule has 0 heterocycles. The van der Waals surface area contributed by atoms with Crippen LogP contribution < -0.4 is 0 Å². The molecular weight excluding hydrogens is 632 g/mol. The molecule has 8 nitrogen and oxygen atoms in total. The number of hydrogen-bond acceptors (Lipinski definition) is 8. The quantitative estimate of drug-likeness (QED) is 0.0394. The molecule has 0 saturated carbocycles. The van der Waals surface area contributed by atoms with Gasteiger partial charge in [0.25, 0.3) is 0 Å². The summed E-state index contributed by atoms with van der Waals surface area (Å²) in [7, 11) is 0. The van der Waals surface area contributed by atoms with Crippen molar-refractivity contribution < 1.29 is 40.9 Å². The Hall–Kier alpha value is -7.06. The van der Waals surface area contributed by atoms with E-state index in [9.17, 15) is 40.9 Å². The molecule has 0 bridgehead atoms. The summed E-state index contributed by atoms with van der Waals surface area (Å²) in [5.74, 6) is -7.31. The van der Waals surface area contributed by atoms with Crippen molar-refractivity contribution >= 4 is 64.6 Å². The number of phenolic OH excluding ortho intramolecular Hbond substituents is 8. The van der Waals surface area contributed by atoms with Gasteiger partial charge in [0.05, 0.1) is 0 Å². The fraction of sp³-hybridized carbons (Fsp3) is 0. The standard InChI is InChI=1S/C42H26O8/c43-35-31-29(22-15-13-19-7-1-2-9-21(19)17-22)32-34(38(46)42(50)40(48)36(32)44)30(33(31)37(45)41(49)39(35)47)27-18-23-16-14-20-8-3-4-10-24(20)28(23)26-12-6-5-11-25(26)27/h1-18,43-50H. The predicted molar refractivity (Wildman–Crippen MR) is 196 cm³/mol. The van der Waals surface area contributed by atoms with Crippen LogP contribution in [-0.4, -0.2) is 40.9 Å². The van der Waals surface area contributed by atoms with Crippen molar-refractivity contribution in [3.05, 3.63) is 109 Å². The summed E-state index contributed by atoms with van der Waals surface area (Å²) in [4.78, 5) is 0.